The van der Waals surface area contributed by atoms with E-state index in [4.69, 9.17) is 16.3 Å². The van der Waals surface area contributed by atoms with Gasteiger partial charge < -0.3 is 14.6 Å². The first-order valence-corrected chi connectivity index (χ1v) is 14.0. The summed E-state index contributed by atoms with van der Waals surface area (Å²) in [6, 6.07) is 11.9. The summed E-state index contributed by atoms with van der Waals surface area (Å²) >= 11 is 6.33. The van der Waals surface area contributed by atoms with Gasteiger partial charge in [-0.1, -0.05) is 29.3 Å². The van der Waals surface area contributed by atoms with Crippen LogP contribution in [-0.2, 0) is 11.3 Å². The first-order valence-electron chi connectivity index (χ1n) is 13.6. The molecule has 0 unspecified atom stereocenters. The molecule has 0 spiro atoms. The molecule has 0 radical (unpaired) electrons. The molecule has 2 atom stereocenters. The number of nitrogens with one attached hydrogen (secondary N) is 1. The van der Waals surface area contributed by atoms with E-state index in [1.54, 1.807) is 0 Å². The number of hydrogen-bond donors (Lipinski definition) is 1. The van der Waals surface area contributed by atoms with Crippen LogP contribution < -0.4 is 10.5 Å². The number of pyridine rings is 1. The summed E-state index contributed by atoms with van der Waals surface area (Å²) in [6.07, 6.45) is 2.10. The van der Waals surface area contributed by atoms with E-state index in [1.165, 1.54) is 5.56 Å². The molecule has 0 bridgehead atoms. The summed E-state index contributed by atoms with van der Waals surface area (Å²) in [6.45, 7) is 10.6. The maximum atomic E-state index is 13.7. The maximum Gasteiger partial charge on any atom is 0.253 e. The van der Waals surface area contributed by atoms with Gasteiger partial charge in [0, 0.05) is 49.1 Å². The van der Waals surface area contributed by atoms with Crippen molar-refractivity contribution in [1.29, 1.82) is 0 Å². The van der Waals surface area contributed by atoms with Gasteiger partial charge in [-0.2, -0.15) is 0 Å². The second-order valence-corrected chi connectivity index (χ2v) is 11.2. The topological polar surface area (TPSA) is 92.2 Å². The number of hydrogen-bond acceptors (Lipinski definition) is 7. The average Bonchev–Trinajstić information content (AvgIpc) is 3.60. The molecule has 2 aromatic heterocycles. The summed E-state index contributed by atoms with van der Waals surface area (Å²) in [4.78, 5) is 21.5. The number of anilines is 1. The SMILES string of the molecule is Cc1cc(C)c2[nH]c(=O)c([C@H](c3nnnn3C[C@@H]3CCCO3)N3CCN(c4cc(Cl)ccc4C)CC3)cc2c1. The van der Waals surface area contributed by atoms with E-state index >= 15 is 0 Å². The van der Waals surface area contributed by atoms with E-state index in [0.717, 1.165) is 78.4 Å². The van der Waals surface area contributed by atoms with Gasteiger partial charge in [0.1, 0.15) is 6.04 Å². The van der Waals surface area contributed by atoms with Gasteiger partial charge >= 0.3 is 0 Å². The molecule has 2 fully saturated rings. The lowest BCUT2D eigenvalue weighted by Crippen LogP contribution is -2.49. The third-order valence-electron chi connectivity index (χ3n) is 8.01. The standard InChI is InChI=1S/C29H34ClN7O2/c1-18-13-20(3)26-21(14-18)15-24(29(38)31-26)27(28-32-33-34-37(28)17-23-5-4-12-39-23)36-10-8-35(9-11-36)25-16-22(30)7-6-19(25)2/h6-7,13-16,23,27H,4-5,8-12,17H2,1-3H3,(H,31,38)/t23-,27+/m0/s1. The number of aromatic nitrogens is 5. The van der Waals surface area contributed by atoms with Crippen molar-refractivity contribution in [2.45, 2.75) is 52.3 Å². The Hall–Kier alpha value is -3.27. The highest BCUT2D eigenvalue weighted by molar-refractivity contribution is 6.30. The molecule has 4 aromatic rings. The molecule has 2 saturated heterocycles. The first kappa shape index (κ1) is 26.0. The quantitative estimate of drug-likeness (QED) is 0.387. The zero-order chi connectivity index (χ0) is 27.1. The number of halogens is 1. The number of aryl methyl sites for hydroxylation is 3. The Morgan fingerprint density at radius 1 is 1.08 bits per heavy atom. The van der Waals surface area contributed by atoms with Gasteiger partial charge in [0.2, 0.25) is 0 Å². The number of piperazine rings is 1. The summed E-state index contributed by atoms with van der Waals surface area (Å²) < 4.78 is 7.72. The molecule has 204 valence electrons. The van der Waals surface area contributed by atoms with Crippen LogP contribution in [0.25, 0.3) is 10.9 Å². The second kappa shape index (κ2) is 10.7. The minimum atomic E-state index is -0.391. The van der Waals surface area contributed by atoms with E-state index in [1.807, 2.05) is 29.8 Å². The van der Waals surface area contributed by atoms with Crippen molar-refractivity contribution < 1.29 is 4.74 Å². The van der Waals surface area contributed by atoms with Crippen molar-refractivity contribution >= 4 is 28.2 Å². The molecule has 10 heteroatoms. The highest BCUT2D eigenvalue weighted by Crippen LogP contribution is 2.31. The minimum absolute atomic E-state index is 0.0794. The first-order chi connectivity index (χ1) is 18.9. The van der Waals surface area contributed by atoms with Crippen LogP contribution in [0, 0.1) is 20.8 Å². The molecule has 2 aromatic carbocycles. The molecule has 1 N–H and O–H groups in total. The molecular weight excluding hydrogens is 514 g/mol. The Morgan fingerprint density at radius 2 is 1.90 bits per heavy atom. The predicted octanol–water partition coefficient (Wildman–Crippen LogP) is 4.18. The van der Waals surface area contributed by atoms with Crippen molar-refractivity contribution in [3.8, 4) is 0 Å². The Labute approximate surface area is 232 Å². The van der Waals surface area contributed by atoms with Gasteiger partial charge in [0.15, 0.2) is 5.82 Å². The lowest BCUT2D eigenvalue weighted by atomic mass is 10.00. The fourth-order valence-corrected chi connectivity index (χ4v) is 6.24. The number of ether oxygens (including phenoxy) is 1. The Bertz CT molecular complexity index is 1550. The van der Waals surface area contributed by atoms with E-state index in [-0.39, 0.29) is 11.7 Å². The van der Waals surface area contributed by atoms with Crippen LogP contribution in [-0.4, -0.2) is 69.0 Å². The van der Waals surface area contributed by atoms with E-state index < -0.39 is 6.04 Å². The van der Waals surface area contributed by atoms with Crippen molar-refractivity contribution in [2.24, 2.45) is 0 Å². The molecule has 4 heterocycles. The van der Waals surface area contributed by atoms with E-state index in [0.29, 0.717) is 17.9 Å². The fourth-order valence-electron chi connectivity index (χ4n) is 6.07. The number of benzene rings is 2. The molecule has 0 aliphatic carbocycles. The largest absolute Gasteiger partial charge is 0.376 e. The van der Waals surface area contributed by atoms with Crippen LogP contribution in [0.2, 0.25) is 5.02 Å². The van der Waals surface area contributed by atoms with Gasteiger partial charge in [-0.05, 0) is 84.8 Å². The maximum absolute atomic E-state index is 13.7. The predicted molar refractivity (Wildman–Crippen MR) is 153 cm³/mol. The average molecular weight is 548 g/mol. The van der Waals surface area contributed by atoms with Crippen LogP contribution in [0.1, 0.15) is 47.0 Å². The Morgan fingerprint density at radius 3 is 2.67 bits per heavy atom. The highest BCUT2D eigenvalue weighted by atomic mass is 35.5. The molecule has 6 rings (SSSR count). The number of aromatic amines is 1. The number of nitrogens with zero attached hydrogens (tertiary/aromatic N) is 6. The summed E-state index contributed by atoms with van der Waals surface area (Å²) in [5.74, 6) is 0.673. The number of rotatable bonds is 6. The Balaban J connectivity index is 1.38. The normalized spacial score (nSPS) is 19.2. The third-order valence-corrected chi connectivity index (χ3v) is 8.25. The van der Waals surface area contributed by atoms with Crippen molar-refractivity contribution in [1.82, 2.24) is 30.1 Å². The van der Waals surface area contributed by atoms with Crippen molar-refractivity contribution in [3.05, 3.63) is 79.9 Å². The monoisotopic (exact) mass is 547 g/mol. The van der Waals surface area contributed by atoms with E-state index in [9.17, 15) is 4.79 Å². The van der Waals surface area contributed by atoms with Gasteiger partial charge in [-0.3, -0.25) is 9.69 Å². The molecule has 2 aliphatic rings. The van der Waals surface area contributed by atoms with Gasteiger partial charge in [-0.25, -0.2) is 4.68 Å². The molecular formula is C29H34ClN7O2. The number of H-pyrrole nitrogens is 1. The lowest BCUT2D eigenvalue weighted by Gasteiger charge is -2.40. The molecule has 9 nitrogen and oxygen atoms in total. The fraction of sp³-hybridized carbons (Fsp3) is 0.448. The van der Waals surface area contributed by atoms with Crippen LogP contribution in [0.15, 0.2) is 41.2 Å². The van der Waals surface area contributed by atoms with E-state index in [2.05, 4.69) is 62.4 Å². The van der Waals surface area contributed by atoms with Gasteiger partial charge in [0.05, 0.1) is 18.2 Å². The second-order valence-electron chi connectivity index (χ2n) is 10.8. The van der Waals surface area contributed by atoms with Crippen LogP contribution in [0.5, 0.6) is 0 Å². The lowest BCUT2D eigenvalue weighted by molar-refractivity contribution is 0.0906. The molecule has 0 amide bonds. The summed E-state index contributed by atoms with van der Waals surface area (Å²) in [7, 11) is 0. The number of fused-ring (bicyclic) bond motifs is 1. The molecule has 39 heavy (non-hydrogen) atoms. The van der Waals surface area contributed by atoms with Crippen LogP contribution in [0.4, 0.5) is 5.69 Å². The third kappa shape index (κ3) is 5.18. The van der Waals surface area contributed by atoms with Crippen molar-refractivity contribution in [3.63, 3.8) is 0 Å². The minimum Gasteiger partial charge on any atom is -0.376 e. The summed E-state index contributed by atoms with van der Waals surface area (Å²) in [5, 5.41) is 14.6. The zero-order valence-corrected chi connectivity index (χ0v) is 23.4. The number of tetrazole rings is 1. The zero-order valence-electron chi connectivity index (χ0n) is 22.7. The van der Waals surface area contributed by atoms with Gasteiger partial charge in [0.25, 0.3) is 5.56 Å². The summed E-state index contributed by atoms with van der Waals surface area (Å²) in [5.41, 5.74) is 5.97. The smallest absolute Gasteiger partial charge is 0.253 e. The highest BCUT2D eigenvalue weighted by Gasteiger charge is 2.34. The van der Waals surface area contributed by atoms with Crippen LogP contribution in [0.3, 0.4) is 0 Å². The van der Waals surface area contributed by atoms with Crippen molar-refractivity contribution in [2.75, 3.05) is 37.7 Å². The Kier molecular flexibility index (Phi) is 7.14. The van der Waals surface area contributed by atoms with Crippen LogP contribution >= 0.6 is 11.6 Å². The molecule has 2 aliphatic heterocycles. The van der Waals surface area contributed by atoms with Gasteiger partial charge in [-0.15, -0.1) is 5.10 Å². The molecule has 0 saturated carbocycles.